The van der Waals surface area contributed by atoms with E-state index in [0.717, 1.165) is 37.9 Å². The molecule has 0 aromatic carbocycles. The van der Waals surface area contributed by atoms with Gasteiger partial charge in [0, 0.05) is 19.6 Å². The van der Waals surface area contributed by atoms with E-state index in [-0.39, 0.29) is 0 Å². The third-order valence-corrected chi connectivity index (χ3v) is 5.16. The third-order valence-electron chi connectivity index (χ3n) is 5.16. The Hall–Kier alpha value is -1.03. The fourth-order valence-corrected chi connectivity index (χ4v) is 3.81. The Balaban J connectivity index is 1.50. The SMILES string of the molecule is CC(C)CNCc1coc(N2CCC3(CCCC3)CC2)n1. The Morgan fingerprint density at radius 2 is 1.95 bits per heavy atom. The van der Waals surface area contributed by atoms with Crippen molar-refractivity contribution in [3.63, 3.8) is 0 Å². The largest absolute Gasteiger partial charge is 0.432 e. The molecule has 1 saturated heterocycles. The second-order valence-corrected chi connectivity index (χ2v) is 7.34. The van der Waals surface area contributed by atoms with Gasteiger partial charge in [-0.2, -0.15) is 4.98 Å². The van der Waals surface area contributed by atoms with Crippen LogP contribution in [0.3, 0.4) is 0 Å². The van der Waals surface area contributed by atoms with E-state index in [2.05, 4.69) is 29.0 Å². The molecule has 118 valence electrons. The van der Waals surface area contributed by atoms with Crippen molar-refractivity contribution >= 4 is 6.01 Å². The summed E-state index contributed by atoms with van der Waals surface area (Å²) < 4.78 is 5.69. The number of piperidine rings is 1. The average Bonchev–Trinajstić information content (AvgIpc) is 3.10. The van der Waals surface area contributed by atoms with E-state index in [9.17, 15) is 0 Å². The van der Waals surface area contributed by atoms with Gasteiger partial charge in [-0.15, -0.1) is 0 Å². The van der Waals surface area contributed by atoms with Gasteiger partial charge in [0.15, 0.2) is 0 Å². The molecule has 4 nitrogen and oxygen atoms in total. The number of anilines is 1. The summed E-state index contributed by atoms with van der Waals surface area (Å²) in [4.78, 5) is 6.97. The summed E-state index contributed by atoms with van der Waals surface area (Å²) in [6, 6.07) is 0.823. The number of aromatic nitrogens is 1. The van der Waals surface area contributed by atoms with Crippen LogP contribution in [-0.4, -0.2) is 24.6 Å². The lowest BCUT2D eigenvalue weighted by Crippen LogP contribution is -2.39. The van der Waals surface area contributed by atoms with Crippen molar-refractivity contribution < 1.29 is 4.42 Å². The molecule has 1 saturated carbocycles. The Labute approximate surface area is 128 Å². The zero-order valence-electron chi connectivity index (χ0n) is 13.5. The molecule has 1 aliphatic heterocycles. The molecular formula is C17H29N3O. The van der Waals surface area contributed by atoms with Gasteiger partial charge in [-0.25, -0.2) is 0 Å². The van der Waals surface area contributed by atoms with Crippen LogP contribution in [-0.2, 0) is 6.54 Å². The zero-order chi connectivity index (χ0) is 14.7. The second kappa shape index (κ2) is 6.39. The van der Waals surface area contributed by atoms with Crippen LogP contribution < -0.4 is 10.2 Å². The standard InChI is InChI=1S/C17H29N3O/c1-14(2)11-18-12-15-13-21-16(19-15)20-9-7-17(8-10-20)5-3-4-6-17/h13-14,18H,3-12H2,1-2H3. The van der Waals surface area contributed by atoms with Gasteiger partial charge in [0.2, 0.25) is 0 Å². The van der Waals surface area contributed by atoms with Crippen LogP contribution in [0.4, 0.5) is 6.01 Å². The lowest BCUT2D eigenvalue weighted by molar-refractivity contribution is 0.222. The van der Waals surface area contributed by atoms with Gasteiger partial charge in [-0.3, -0.25) is 0 Å². The fraction of sp³-hybridized carbons (Fsp3) is 0.824. The predicted octanol–water partition coefficient (Wildman–Crippen LogP) is 3.58. The van der Waals surface area contributed by atoms with Crippen molar-refractivity contribution in [2.75, 3.05) is 24.5 Å². The molecule has 1 spiro atoms. The molecule has 3 rings (SSSR count). The summed E-state index contributed by atoms with van der Waals surface area (Å²) in [6.45, 7) is 8.48. The minimum Gasteiger partial charge on any atom is -0.432 e. The van der Waals surface area contributed by atoms with Crippen molar-refractivity contribution in [2.45, 2.75) is 58.9 Å². The van der Waals surface area contributed by atoms with Crippen LogP contribution in [0, 0.1) is 11.3 Å². The van der Waals surface area contributed by atoms with E-state index in [4.69, 9.17) is 4.42 Å². The van der Waals surface area contributed by atoms with Crippen LogP contribution in [0.25, 0.3) is 0 Å². The Kier molecular flexibility index (Phi) is 4.53. The van der Waals surface area contributed by atoms with Crippen molar-refractivity contribution in [1.82, 2.24) is 10.3 Å². The molecule has 0 unspecified atom stereocenters. The van der Waals surface area contributed by atoms with Crippen molar-refractivity contribution in [3.8, 4) is 0 Å². The summed E-state index contributed by atoms with van der Waals surface area (Å²) in [5.41, 5.74) is 1.68. The number of nitrogens with zero attached hydrogens (tertiary/aromatic N) is 2. The van der Waals surface area contributed by atoms with Gasteiger partial charge >= 0.3 is 0 Å². The molecule has 1 aliphatic carbocycles. The zero-order valence-corrected chi connectivity index (χ0v) is 13.5. The normalized spacial score (nSPS) is 21.6. The Morgan fingerprint density at radius 3 is 2.62 bits per heavy atom. The molecular weight excluding hydrogens is 262 g/mol. The number of rotatable bonds is 5. The van der Waals surface area contributed by atoms with E-state index in [1.807, 2.05) is 6.26 Å². The minimum atomic E-state index is 0.657. The van der Waals surface area contributed by atoms with Gasteiger partial charge in [0.1, 0.15) is 6.26 Å². The van der Waals surface area contributed by atoms with Gasteiger partial charge in [-0.05, 0) is 43.6 Å². The van der Waals surface area contributed by atoms with Crippen LogP contribution in [0.15, 0.2) is 10.7 Å². The molecule has 4 heteroatoms. The highest BCUT2D eigenvalue weighted by molar-refractivity contribution is 5.28. The van der Waals surface area contributed by atoms with Gasteiger partial charge in [0.05, 0.1) is 5.69 Å². The van der Waals surface area contributed by atoms with Crippen molar-refractivity contribution in [2.24, 2.45) is 11.3 Å². The van der Waals surface area contributed by atoms with Crippen LogP contribution >= 0.6 is 0 Å². The first-order valence-electron chi connectivity index (χ1n) is 8.57. The van der Waals surface area contributed by atoms with Crippen LogP contribution in [0.5, 0.6) is 0 Å². The average molecular weight is 291 g/mol. The van der Waals surface area contributed by atoms with Crippen molar-refractivity contribution in [1.29, 1.82) is 0 Å². The van der Waals surface area contributed by atoms with E-state index in [0.29, 0.717) is 11.3 Å². The van der Waals surface area contributed by atoms with Crippen LogP contribution in [0.1, 0.15) is 58.1 Å². The topological polar surface area (TPSA) is 41.3 Å². The monoisotopic (exact) mass is 291 g/mol. The summed E-state index contributed by atoms with van der Waals surface area (Å²) in [5.74, 6) is 0.668. The molecule has 1 aromatic rings. The number of hydrogen-bond donors (Lipinski definition) is 1. The molecule has 2 heterocycles. The lowest BCUT2D eigenvalue weighted by atomic mass is 9.77. The van der Waals surface area contributed by atoms with Crippen molar-refractivity contribution in [3.05, 3.63) is 12.0 Å². The lowest BCUT2D eigenvalue weighted by Gasteiger charge is -2.38. The summed E-state index contributed by atoms with van der Waals surface area (Å²) in [6.07, 6.45) is 10.2. The van der Waals surface area contributed by atoms with E-state index < -0.39 is 0 Å². The highest BCUT2D eigenvalue weighted by Crippen LogP contribution is 2.46. The van der Waals surface area contributed by atoms with E-state index >= 15 is 0 Å². The maximum absolute atomic E-state index is 5.69. The summed E-state index contributed by atoms with van der Waals surface area (Å²) in [5, 5.41) is 3.42. The number of nitrogens with one attached hydrogen (secondary N) is 1. The molecule has 2 aliphatic rings. The minimum absolute atomic E-state index is 0.657. The first-order chi connectivity index (χ1) is 10.2. The Bertz CT molecular complexity index is 439. The second-order valence-electron chi connectivity index (χ2n) is 7.34. The maximum Gasteiger partial charge on any atom is 0.297 e. The fourth-order valence-electron chi connectivity index (χ4n) is 3.81. The van der Waals surface area contributed by atoms with Crippen LogP contribution in [0.2, 0.25) is 0 Å². The maximum atomic E-state index is 5.69. The molecule has 0 bridgehead atoms. The van der Waals surface area contributed by atoms with Gasteiger partial charge < -0.3 is 14.6 Å². The molecule has 2 fully saturated rings. The van der Waals surface area contributed by atoms with E-state index in [1.54, 1.807) is 0 Å². The van der Waals surface area contributed by atoms with Gasteiger partial charge in [-0.1, -0.05) is 26.7 Å². The third kappa shape index (κ3) is 3.60. The highest BCUT2D eigenvalue weighted by Gasteiger charge is 2.37. The highest BCUT2D eigenvalue weighted by atomic mass is 16.4. The molecule has 0 amide bonds. The molecule has 0 atom stereocenters. The Morgan fingerprint density at radius 1 is 1.24 bits per heavy atom. The van der Waals surface area contributed by atoms with E-state index in [1.165, 1.54) is 38.5 Å². The smallest absolute Gasteiger partial charge is 0.297 e. The predicted molar refractivity (Wildman–Crippen MR) is 85.4 cm³/mol. The molecule has 1 aromatic heterocycles. The van der Waals surface area contributed by atoms with Gasteiger partial charge in [0.25, 0.3) is 6.01 Å². The summed E-state index contributed by atoms with van der Waals surface area (Å²) in [7, 11) is 0. The first-order valence-corrected chi connectivity index (χ1v) is 8.57. The number of oxazole rings is 1. The molecule has 21 heavy (non-hydrogen) atoms. The summed E-state index contributed by atoms with van der Waals surface area (Å²) >= 11 is 0. The first kappa shape index (κ1) is 14.9. The molecule has 0 radical (unpaired) electrons. The quantitative estimate of drug-likeness (QED) is 0.900. The number of hydrogen-bond acceptors (Lipinski definition) is 4. The molecule has 1 N–H and O–H groups in total.